The van der Waals surface area contributed by atoms with E-state index in [1.807, 2.05) is 54.6 Å². The SMILES string of the molecule is CC(C)[C@H](CC(=O)N1C(=O)CC[C@H]1COC(c1ccccc1)(c1ccccc1)c1ccccc1)[Si](C)(C)C. The lowest BCUT2D eigenvalue weighted by Crippen LogP contribution is -2.45. The summed E-state index contributed by atoms with van der Waals surface area (Å²) in [4.78, 5) is 28.2. The molecular formula is C33H41NO3Si. The van der Waals surface area contributed by atoms with Gasteiger partial charge in [0.15, 0.2) is 0 Å². The molecule has 3 aromatic rings. The maximum atomic E-state index is 13.6. The Hall–Kier alpha value is -3.02. The molecule has 2 atom stereocenters. The first-order valence-electron chi connectivity index (χ1n) is 13.8. The van der Waals surface area contributed by atoms with Crippen LogP contribution < -0.4 is 0 Å². The summed E-state index contributed by atoms with van der Waals surface area (Å²) < 4.78 is 6.98. The van der Waals surface area contributed by atoms with Crippen molar-refractivity contribution in [3.63, 3.8) is 0 Å². The quantitative estimate of drug-likeness (QED) is 0.206. The van der Waals surface area contributed by atoms with Crippen LogP contribution in [0, 0.1) is 5.92 Å². The first-order chi connectivity index (χ1) is 18.1. The predicted octanol–water partition coefficient (Wildman–Crippen LogP) is 7.27. The Morgan fingerprint density at radius 2 is 1.32 bits per heavy atom. The summed E-state index contributed by atoms with van der Waals surface area (Å²) in [5, 5.41) is 0. The monoisotopic (exact) mass is 527 g/mol. The molecule has 4 rings (SSSR count). The van der Waals surface area contributed by atoms with E-state index >= 15 is 0 Å². The molecule has 1 saturated heterocycles. The van der Waals surface area contributed by atoms with Crippen molar-refractivity contribution in [2.45, 2.75) is 69.9 Å². The van der Waals surface area contributed by atoms with Gasteiger partial charge in [-0.15, -0.1) is 0 Å². The first-order valence-corrected chi connectivity index (χ1v) is 17.4. The number of benzene rings is 3. The molecule has 2 amide bonds. The molecule has 0 spiro atoms. The van der Waals surface area contributed by atoms with Crippen LogP contribution in [0.3, 0.4) is 0 Å². The highest BCUT2D eigenvalue weighted by Gasteiger charge is 2.43. The fourth-order valence-corrected chi connectivity index (χ4v) is 8.85. The molecule has 0 N–H and O–H groups in total. The Morgan fingerprint density at radius 1 is 0.868 bits per heavy atom. The predicted molar refractivity (Wildman–Crippen MR) is 157 cm³/mol. The topological polar surface area (TPSA) is 46.6 Å². The minimum absolute atomic E-state index is 0.0491. The molecular weight excluding hydrogens is 486 g/mol. The smallest absolute Gasteiger partial charge is 0.229 e. The molecule has 5 heteroatoms. The van der Waals surface area contributed by atoms with Crippen molar-refractivity contribution in [1.82, 2.24) is 4.90 Å². The fraction of sp³-hybridized carbons (Fsp3) is 0.394. The zero-order chi connectivity index (χ0) is 27.3. The van der Waals surface area contributed by atoms with Crippen molar-refractivity contribution < 1.29 is 14.3 Å². The number of hydrogen-bond donors (Lipinski definition) is 0. The second-order valence-corrected chi connectivity index (χ2v) is 17.3. The summed E-state index contributed by atoms with van der Waals surface area (Å²) in [7, 11) is -1.58. The Bertz CT molecular complexity index is 1110. The van der Waals surface area contributed by atoms with Gasteiger partial charge in [-0.05, 0) is 34.6 Å². The minimum Gasteiger partial charge on any atom is -0.359 e. The average Bonchev–Trinajstić information content (AvgIpc) is 3.29. The highest BCUT2D eigenvalue weighted by atomic mass is 28.3. The molecule has 0 radical (unpaired) electrons. The largest absolute Gasteiger partial charge is 0.359 e. The molecule has 38 heavy (non-hydrogen) atoms. The highest BCUT2D eigenvalue weighted by Crippen LogP contribution is 2.41. The normalized spacial score (nSPS) is 17.2. The van der Waals surface area contributed by atoms with Crippen molar-refractivity contribution in [3.05, 3.63) is 108 Å². The van der Waals surface area contributed by atoms with Gasteiger partial charge in [-0.2, -0.15) is 0 Å². The second-order valence-electron chi connectivity index (χ2n) is 11.9. The lowest BCUT2D eigenvalue weighted by molar-refractivity contribution is -0.146. The number of hydrogen-bond acceptors (Lipinski definition) is 3. The molecule has 4 nitrogen and oxygen atoms in total. The van der Waals surface area contributed by atoms with Crippen LogP contribution in [0.25, 0.3) is 0 Å². The number of amides is 2. The maximum Gasteiger partial charge on any atom is 0.229 e. The van der Waals surface area contributed by atoms with Gasteiger partial charge in [0.1, 0.15) is 5.60 Å². The number of imide groups is 1. The van der Waals surface area contributed by atoms with Gasteiger partial charge in [-0.1, -0.05) is 124 Å². The zero-order valence-electron chi connectivity index (χ0n) is 23.4. The zero-order valence-corrected chi connectivity index (χ0v) is 24.4. The third-order valence-corrected chi connectivity index (χ3v) is 11.0. The van der Waals surface area contributed by atoms with Crippen LogP contribution in [0.4, 0.5) is 0 Å². The van der Waals surface area contributed by atoms with Crippen molar-refractivity contribution >= 4 is 19.9 Å². The number of likely N-dealkylation sites (tertiary alicyclic amines) is 1. The Labute approximate surface area is 229 Å². The molecule has 1 fully saturated rings. The highest BCUT2D eigenvalue weighted by molar-refractivity contribution is 6.77. The summed E-state index contributed by atoms with van der Waals surface area (Å²) in [6.07, 6.45) is 1.43. The molecule has 1 aliphatic heterocycles. The minimum atomic E-state index is -1.58. The van der Waals surface area contributed by atoms with Crippen LogP contribution in [0.2, 0.25) is 25.2 Å². The van der Waals surface area contributed by atoms with E-state index in [-0.39, 0.29) is 24.5 Å². The summed E-state index contributed by atoms with van der Waals surface area (Å²) in [6.45, 7) is 11.6. The van der Waals surface area contributed by atoms with Crippen LogP contribution in [0.1, 0.15) is 49.8 Å². The van der Waals surface area contributed by atoms with Gasteiger partial charge < -0.3 is 4.74 Å². The second kappa shape index (κ2) is 11.8. The number of carbonyl (C=O) groups excluding carboxylic acids is 2. The summed E-state index contributed by atoms with van der Waals surface area (Å²) >= 11 is 0. The van der Waals surface area contributed by atoms with Gasteiger partial charge in [0.25, 0.3) is 0 Å². The molecule has 0 aliphatic carbocycles. The van der Waals surface area contributed by atoms with Crippen LogP contribution in [-0.2, 0) is 19.9 Å². The molecule has 200 valence electrons. The lowest BCUT2D eigenvalue weighted by atomic mass is 9.80. The molecule has 0 aromatic heterocycles. The first kappa shape index (κ1) is 28.0. The van der Waals surface area contributed by atoms with Gasteiger partial charge >= 0.3 is 0 Å². The van der Waals surface area contributed by atoms with E-state index in [1.54, 1.807) is 0 Å². The van der Waals surface area contributed by atoms with Crippen LogP contribution in [0.5, 0.6) is 0 Å². The van der Waals surface area contributed by atoms with E-state index in [1.165, 1.54) is 4.90 Å². The van der Waals surface area contributed by atoms with E-state index in [9.17, 15) is 9.59 Å². The lowest BCUT2D eigenvalue weighted by Gasteiger charge is -2.38. The number of rotatable bonds is 10. The summed E-state index contributed by atoms with van der Waals surface area (Å²) in [6, 6.07) is 30.4. The molecule has 1 aliphatic rings. The van der Waals surface area contributed by atoms with E-state index in [0.29, 0.717) is 30.7 Å². The van der Waals surface area contributed by atoms with Crippen LogP contribution in [0.15, 0.2) is 91.0 Å². The Kier molecular flexibility index (Phi) is 8.69. The standard InChI is InChI=1S/C33H41NO3Si/c1-25(2)30(38(3,4)5)23-32(36)34-29(21-22-31(34)35)24-37-33(26-15-9-6-10-16-26,27-17-11-7-12-18-27)28-19-13-8-14-20-28/h6-20,25,29-30H,21-24H2,1-5H3/t29-,30-/m0/s1. The van der Waals surface area contributed by atoms with Crippen LogP contribution in [-0.4, -0.2) is 37.4 Å². The molecule has 0 bridgehead atoms. The van der Waals surface area contributed by atoms with Gasteiger partial charge in [0.05, 0.1) is 12.6 Å². The van der Waals surface area contributed by atoms with Crippen molar-refractivity contribution in [3.8, 4) is 0 Å². The van der Waals surface area contributed by atoms with Gasteiger partial charge in [-0.3, -0.25) is 14.5 Å². The number of ether oxygens (including phenoxy) is 1. The van der Waals surface area contributed by atoms with Crippen molar-refractivity contribution in [1.29, 1.82) is 0 Å². The van der Waals surface area contributed by atoms with Crippen molar-refractivity contribution in [2.24, 2.45) is 5.92 Å². The molecule has 0 saturated carbocycles. The Balaban J connectivity index is 1.69. The Morgan fingerprint density at radius 3 is 1.71 bits per heavy atom. The van der Waals surface area contributed by atoms with E-state index in [2.05, 4.69) is 69.9 Å². The van der Waals surface area contributed by atoms with Gasteiger partial charge in [-0.25, -0.2) is 0 Å². The van der Waals surface area contributed by atoms with Gasteiger partial charge in [0.2, 0.25) is 11.8 Å². The maximum absolute atomic E-state index is 13.6. The van der Waals surface area contributed by atoms with Crippen LogP contribution >= 0.6 is 0 Å². The summed E-state index contributed by atoms with van der Waals surface area (Å²) in [5.41, 5.74) is 2.49. The van der Waals surface area contributed by atoms with E-state index in [4.69, 9.17) is 4.74 Å². The molecule has 1 heterocycles. The molecule has 0 unspecified atom stereocenters. The van der Waals surface area contributed by atoms with Crippen molar-refractivity contribution in [2.75, 3.05) is 6.61 Å². The van der Waals surface area contributed by atoms with E-state index in [0.717, 1.165) is 16.7 Å². The number of carbonyl (C=O) groups is 2. The third kappa shape index (κ3) is 5.84. The number of nitrogens with zero attached hydrogens (tertiary/aromatic N) is 1. The summed E-state index contributed by atoms with van der Waals surface area (Å²) in [5.74, 6) is 0.276. The third-order valence-electron chi connectivity index (χ3n) is 7.94. The average molecular weight is 528 g/mol. The molecule has 3 aromatic carbocycles. The van der Waals surface area contributed by atoms with E-state index < -0.39 is 13.7 Å². The fourth-order valence-electron chi connectivity index (χ4n) is 6.06. The van der Waals surface area contributed by atoms with Gasteiger partial charge in [0, 0.05) is 20.9 Å².